The van der Waals surface area contributed by atoms with Crippen molar-refractivity contribution >= 4 is 11.7 Å². The van der Waals surface area contributed by atoms with Crippen LogP contribution in [-0.4, -0.2) is 22.1 Å². The number of aliphatic carboxylic acids is 1. The summed E-state index contributed by atoms with van der Waals surface area (Å²) >= 11 is 0. The third-order valence-corrected chi connectivity index (χ3v) is 4.47. The zero-order valence-electron chi connectivity index (χ0n) is 12.7. The molecule has 1 fully saturated rings. The first-order valence-electron chi connectivity index (χ1n) is 7.27. The average Bonchev–Trinajstić information content (AvgIpc) is 2.41. The lowest BCUT2D eigenvalue weighted by Crippen LogP contribution is -2.46. The van der Waals surface area contributed by atoms with Gasteiger partial charge in [-0.3, -0.25) is 9.78 Å². The van der Waals surface area contributed by atoms with Gasteiger partial charge in [-0.2, -0.15) is 5.26 Å². The van der Waals surface area contributed by atoms with Crippen LogP contribution in [0, 0.1) is 30.6 Å². The number of rotatable bonds is 3. The maximum absolute atomic E-state index is 11.6. The van der Waals surface area contributed by atoms with Crippen molar-refractivity contribution in [3.8, 4) is 6.07 Å². The number of hydrogen-bond acceptors (Lipinski definition) is 4. The van der Waals surface area contributed by atoms with Gasteiger partial charge >= 0.3 is 5.97 Å². The van der Waals surface area contributed by atoms with Gasteiger partial charge in [0, 0.05) is 11.7 Å². The Kier molecular flexibility index (Phi) is 4.17. The normalized spacial score (nSPS) is 25.1. The van der Waals surface area contributed by atoms with E-state index in [-0.39, 0.29) is 6.04 Å². The van der Waals surface area contributed by atoms with E-state index < -0.39 is 11.4 Å². The molecule has 1 heterocycles. The fourth-order valence-electron chi connectivity index (χ4n) is 3.09. The second-order valence-corrected chi connectivity index (χ2v) is 6.05. The highest BCUT2D eigenvalue weighted by molar-refractivity contribution is 5.76. The van der Waals surface area contributed by atoms with Gasteiger partial charge in [0.25, 0.3) is 0 Å². The van der Waals surface area contributed by atoms with E-state index in [1.54, 1.807) is 13.8 Å². The molecule has 1 aliphatic carbocycles. The maximum atomic E-state index is 11.6. The molecule has 0 aromatic carbocycles. The Balaban J connectivity index is 2.37. The third-order valence-electron chi connectivity index (χ3n) is 4.47. The Morgan fingerprint density at radius 3 is 2.86 bits per heavy atom. The van der Waals surface area contributed by atoms with Crippen LogP contribution in [0.4, 0.5) is 5.69 Å². The zero-order valence-corrected chi connectivity index (χ0v) is 12.7. The highest BCUT2D eigenvalue weighted by Gasteiger charge is 2.43. The summed E-state index contributed by atoms with van der Waals surface area (Å²) in [6.45, 7) is 5.46. The van der Waals surface area contributed by atoms with Crippen LogP contribution in [0.2, 0.25) is 0 Å². The van der Waals surface area contributed by atoms with Crippen LogP contribution in [0.15, 0.2) is 6.07 Å². The first-order chi connectivity index (χ1) is 9.88. The Bertz CT molecular complexity index is 606. The van der Waals surface area contributed by atoms with Crippen LogP contribution in [0.3, 0.4) is 0 Å². The molecule has 1 aliphatic rings. The number of aryl methyl sites for hydroxylation is 2. The molecule has 1 aromatic heterocycles. The zero-order chi connectivity index (χ0) is 15.6. The summed E-state index contributed by atoms with van der Waals surface area (Å²) in [5.41, 5.74) is 1.89. The predicted octanol–water partition coefficient (Wildman–Crippen LogP) is 3.02. The van der Waals surface area contributed by atoms with Crippen molar-refractivity contribution in [3.05, 3.63) is 23.0 Å². The fourth-order valence-corrected chi connectivity index (χ4v) is 3.09. The van der Waals surface area contributed by atoms with E-state index in [4.69, 9.17) is 0 Å². The SMILES string of the molecule is Cc1cc(NC2CCCCC2(C)C(=O)O)c(C#N)c(C)n1. The Labute approximate surface area is 125 Å². The monoisotopic (exact) mass is 287 g/mol. The minimum absolute atomic E-state index is 0.169. The van der Waals surface area contributed by atoms with Gasteiger partial charge in [0.05, 0.1) is 22.4 Å². The van der Waals surface area contributed by atoms with E-state index in [0.717, 1.165) is 25.0 Å². The molecule has 21 heavy (non-hydrogen) atoms. The van der Waals surface area contributed by atoms with Crippen LogP contribution < -0.4 is 5.32 Å². The van der Waals surface area contributed by atoms with E-state index in [1.165, 1.54) is 0 Å². The number of carbonyl (C=O) groups is 1. The summed E-state index contributed by atoms with van der Waals surface area (Å²) < 4.78 is 0. The number of nitriles is 1. The van der Waals surface area contributed by atoms with Crippen LogP contribution in [0.25, 0.3) is 0 Å². The van der Waals surface area contributed by atoms with E-state index in [9.17, 15) is 15.2 Å². The first-order valence-corrected chi connectivity index (χ1v) is 7.27. The number of carboxylic acid groups (broad SMARTS) is 1. The average molecular weight is 287 g/mol. The number of nitrogens with one attached hydrogen (secondary N) is 1. The van der Waals surface area contributed by atoms with Gasteiger partial charge in [-0.15, -0.1) is 0 Å². The lowest BCUT2D eigenvalue weighted by Gasteiger charge is -2.39. The molecule has 112 valence electrons. The molecule has 0 aliphatic heterocycles. The summed E-state index contributed by atoms with van der Waals surface area (Å²) in [7, 11) is 0. The van der Waals surface area contributed by atoms with E-state index >= 15 is 0 Å². The standard InChI is InChI=1S/C16H21N3O2/c1-10-8-13(12(9-17)11(2)18-10)19-14-6-4-5-7-16(14,3)15(20)21/h8,14H,4-7H2,1-3H3,(H,18,19)(H,20,21). The molecular weight excluding hydrogens is 266 g/mol. The summed E-state index contributed by atoms with van der Waals surface area (Å²) in [5.74, 6) is -0.777. The molecular formula is C16H21N3O2. The Morgan fingerprint density at radius 1 is 1.52 bits per heavy atom. The number of aromatic nitrogens is 1. The predicted molar refractivity (Wildman–Crippen MR) is 80.0 cm³/mol. The molecule has 5 heteroatoms. The fraction of sp³-hybridized carbons (Fsp3) is 0.562. The summed E-state index contributed by atoms with van der Waals surface area (Å²) in [6.07, 6.45) is 3.39. The van der Waals surface area contributed by atoms with E-state index in [2.05, 4.69) is 16.4 Å². The summed E-state index contributed by atoms with van der Waals surface area (Å²) in [5, 5.41) is 22.2. The van der Waals surface area contributed by atoms with Gasteiger partial charge in [0.2, 0.25) is 0 Å². The van der Waals surface area contributed by atoms with Crippen LogP contribution in [-0.2, 0) is 4.79 Å². The molecule has 1 aromatic rings. The van der Waals surface area contributed by atoms with Gasteiger partial charge in [0.1, 0.15) is 6.07 Å². The van der Waals surface area contributed by atoms with E-state index in [1.807, 2.05) is 13.0 Å². The number of hydrogen-bond donors (Lipinski definition) is 2. The van der Waals surface area contributed by atoms with Crippen LogP contribution in [0.1, 0.15) is 49.6 Å². The number of nitrogens with zero attached hydrogens (tertiary/aromatic N) is 2. The number of carboxylic acids is 1. The van der Waals surface area contributed by atoms with Crippen molar-refractivity contribution in [2.24, 2.45) is 5.41 Å². The molecule has 0 bridgehead atoms. The highest BCUT2D eigenvalue weighted by Crippen LogP contribution is 2.38. The smallest absolute Gasteiger partial charge is 0.311 e. The lowest BCUT2D eigenvalue weighted by atomic mass is 9.71. The second kappa shape index (κ2) is 5.72. The maximum Gasteiger partial charge on any atom is 0.311 e. The second-order valence-electron chi connectivity index (χ2n) is 6.05. The molecule has 2 N–H and O–H groups in total. The molecule has 2 rings (SSSR count). The van der Waals surface area contributed by atoms with Crippen molar-refractivity contribution < 1.29 is 9.90 Å². The first kappa shape index (κ1) is 15.3. The lowest BCUT2D eigenvalue weighted by molar-refractivity contribution is -0.150. The quantitative estimate of drug-likeness (QED) is 0.892. The van der Waals surface area contributed by atoms with Crippen LogP contribution >= 0.6 is 0 Å². The summed E-state index contributed by atoms with van der Waals surface area (Å²) in [4.78, 5) is 15.9. The minimum Gasteiger partial charge on any atom is -0.481 e. The van der Waals surface area contributed by atoms with Gasteiger partial charge in [0.15, 0.2) is 0 Å². The Hall–Kier alpha value is -2.09. The van der Waals surface area contributed by atoms with Gasteiger partial charge in [-0.25, -0.2) is 0 Å². The molecule has 0 spiro atoms. The highest BCUT2D eigenvalue weighted by atomic mass is 16.4. The van der Waals surface area contributed by atoms with Gasteiger partial charge in [-0.05, 0) is 39.7 Å². The topological polar surface area (TPSA) is 86.0 Å². The minimum atomic E-state index is -0.796. The molecule has 1 saturated carbocycles. The number of pyridine rings is 1. The van der Waals surface area contributed by atoms with Gasteiger partial charge < -0.3 is 10.4 Å². The molecule has 0 saturated heterocycles. The third kappa shape index (κ3) is 2.85. The number of anilines is 1. The van der Waals surface area contributed by atoms with Crippen molar-refractivity contribution in [3.63, 3.8) is 0 Å². The largest absolute Gasteiger partial charge is 0.481 e. The van der Waals surface area contributed by atoms with E-state index in [0.29, 0.717) is 23.4 Å². The van der Waals surface area contributed by atoms with Crippen LogP contribution in [0.5, 0.6) is 0 Å². The Morgan fingerprint density at radius 2 is 2.24 bits per heavy atom. The molecule has 2 unspecified atom stereocenters. The molecule has 5 nitrogen and oxygen atoms in total. The van der Waals surface area contributed by atoms with Gasteiger partial charge in [-0.1, -0.05) is 12.8 Å². The van der Waals surface area contributed by atoms with Crippen molar-refractivity contribution in [1.82, 2.24) is 4.98 Å². The summed E-state index contributed by atoms with van der Waals surface area (Å²) in [6, 6.07) is 3.82. The molecule has 2 atom stereocenters. The van der Waals surface area contributed by atoms with Crippen molar-refractivity contribution in [2.45, 2.75) is 52.5 Å². The van der Waals surface area contributed by atoms with Crippen molar-refractivity contribution in [2.75, 3.05) is 5.32 Å². The molecule has 0 amide bonds. The molecule has 0 radical (unpaired) electrons. The van der Waals surface area contributed by atoms with Crippen molar-refractivity contribution in [1.29, 1.82) is 5.26 Å².